The Bertz CT molecular complexity index is 677. The van der Waals surface area contributed by atoms with Crippen LogP contribution in [0.25, 0.3) is 0 Å². The Labute approximate surface area is 168 Å². The highest BCUT2D eigenvalue weighted by molar-refractivity contribution is 7.72. The molecule has 0 fully saturated rings. The van der Waals surface area contributed by atoms with Crippen molar-refractivity contribution >= 4 is 15.2 Å². The zero-order valence-electron chi connectivity index (χ0n) is 16.4. The maximum atomic E-state index is 12.1. The standard InChI is InChI=1S/C14H29N3O10P2/c1-24-28(20,21)14(19,29(22,23)25-2)5-3-4-13-12-17(16-15-13)6-8-26-10-11-27-9-7-18/h12,18-19H,3-11H2,1-2H3,(H,20,21)(H,22,23). The molecular weight excluding hydrogens is 432 g/mol. The summed E-state index contributed by atoms with van der Waals surface area (Å²) in [5.41, 5.74) is 0.522. The van der Waals surface area contributed by atoms with Crippen molar-refractivity contribution in [3.8, 4) is 0 Å². The number of rotatable bonds is 16. The first kappa shape index (κ1) is 26.3. The molecule has 1 aromatic rings. The van der Waals surface area contributed by atoms with E-state index in [4.69, 9.17) is 14.6 Å². The Morgan fingerprint density at radius 1 is 1.07 bits per heavy atom. The fourth-order valence-corrected chi connectivity index (χ4v) is 5.58. The van der Waals surface area contributed by atoms with Gasteiger partial charge in [0.2, 0.25) is 0 Å². The maximum Gasteiger partial charge on any atom is 0.371 e. The predicted molar refractivity (Wildman–Crippen MR) is 100 cm³/mol. The number of ether oxygens (including phenoxy) is 2. The van der Waals surface area contributed by atoms with Crippen molar-refractivity contribution in [1.29, 1.82) is 0 Å². The van der Waals surface area contributed by atoms with Crippen LogP contribution in [0.2, 0.25) is 0 Å². The second-order valence-corrected chi connectivity index (χ2v) is 10.6. The molecule has 0 saturated heterocycles. The Hall–Kier alpha value is -0.720. The van der Waals surface area contributed by atoms with Gasteiger partial charge in [-0.2, -0.15) is 0 Å². The lowest BCUT2D eigenvalue weighted by Gasteiger charge is -2.32. The Morgan fingerprint density at radius 3 is 2.21 bits per heavy atom. The quantitative estimate of drug-likeness (QED) is 0.190. The van der Waals surface area contributed by atoms with Crippen molar-refractivity contribution in [3.63, 3.8) is 0 Å². The average Bonchev–Trinajstić information content (AvgIpc) is 3.14. The zero-order chi connectivity index (χ0) is 22.0. The molecule has 2 unspecified atom stereocenters. The van der Waals surface area contributed by atoms with Crippen LogP contribution in [0.3, 0.4) is 0 Å². The molecule has 1 heterocycles. The number of hydrogen-bond acceptors (Lipinski definition) is 10. The predicted octanol–water partition coefficient (Wildman–Crippen LogP) is -0.0640. The topological polar surface area (TPSA) is 183 Å². The van der Waals surface area contributed by atoms with Crippen molar-refractivity contribution in [2.24, 2.45) is 0 Å². The molecule has 1 aromatic heterocycles. The summed E-state index contributed by atoms with van der Waals surface area (Å²) in [5.74, 6) is 0. The van der Waals surface area contributed by atoms with Crippen molar-refractivity contribution in [2.45, 2.75) is 30.9 Å². The summed E-state index contributed by atoms with van der Waals surface area (Å²) < 4.78 is 44.8. The lowest BCUT2D eigenvalue weighted by Crippen LogP contribution is -2.30. The van der Waals surface area contributed by atoms with Gasteiger partial charge in [-0.15, -0.1) is 5.10 Å². The van der Waals surface area contributed by atoms with Gasteiger partial charge in [-0.05, 0) is 12.8 Å². The van der Waals surface area contributed by atoms with Crippen LogP contribution >= 0.6 is 15.2 Å². The molecule has 0 aliphatic heterocycles. The summed E-state index contributed by atoms with van der Waals surface area (Å²) in [6.45, 7) is 1.77. The Morgan fingerprint density at radius 2 is 1.66 bits per heavy atom. The second-order valence-electron chi connectivity index (χ2n) is 5.96. The summed E-state index contributed by atoms with van der Waals surface area (Å²) >= 11 is 0. The fraction of sp³-hybridized carbons (Fsp3) is 0.857. The second kappa shape index (κ2) is 12.2. The van der Waals surface area contributed by atoms with E-state index in [1.165, 1.54) is 4.68 Å². The minimum Gasteiger partial charge on any atom is -0.394 e. The molecule has 15 heteroatoms. The molecule has 0 radical (unpaired) electrons. The van der Waals surface area contributed by atoms with Gasteiger partial charge in [0.15, 0.2) is 0 Å². The highest BCUT2D eigenvalue weighted by Crippen LogP contribution is 2.73. The SMILES string of the molecule is COP(=O)(O)C(O)(CCCc1cn(CCOCCOCCO)nn1)P(=O)(O)OC. The van der Waals surface area contributed by atoms with E-state index >= 15 is 0 Å². The number of aliphatic hydroxyl groups is 2. The summed E-state index contributed by atoms with van der Waals surface area (Å²) in [5, 5.41) is 23.9. The third-order valence-electron chi connectivity index (χ3n) is 4.00. The number of aryl methyl sites for hydroxylation is 1. The van der Waals surface area contributed by atoms with E-state index in [0.717, 1.165) is 14.2 Å². The number of hydrogen-bond donors (Lipinski definition) is 4. The van der Waals surface area contributed by atoms with Gasteiger partial charge < -0.3 is 38.5 Å². The van der Waals surface area contributed by atoms with Crippen LogP contribution in [0.15, 0.2) is 6.20 Å². The van der Waals surface area contributed by atoms with Crippen molar-refractivity contribution in [1.82, 2.24) is 15.0 Å². The first-order valence-corrected chi connectivity index (χ1v) is 11.9. The van der Waals surface area contributed by atoms with E-state index < -0.39 is 26.7 Å². The van der Waals surface area contributed by atoms with Gasteiger partial charge in [0, 0.05) is 26.8 Å². The summed E-state index contributed by atoms with van der Waals surface area (Å²) in [6.07, 6.45) is 1.38. The number of aliphatic hydroxyl groups excluding tert-OH is 1. The minimum atomic E-state index is -4.84. The monoisotopic (exact) mass is 461 g/mol. The minimum absolute atomic E-state index is 0.0399. The molecule has 2 atom stereocenters. The highest BCUT2D eigenvalue weighted by Gasteiger charge is 2.60. The van der Waals surface area contributed by atoms with Crippen molar-refractivity contribution < 1.29 is 47.7 Å². The molecule has 170 valence electrons. The van der Waals surface area contributed by atoms with Crippen LogP contribution in [0.4, 0.5) is 0 Å². The van der Waals surface area contributed by atoms with Crippen LogP contribution in [-0.2, 0) is 40.6 Å². The Kier molecular flexibility index (Phi) is 11.1. The summed E-state index contributed by atoms with van der Waals surface area (Å²) in [7, 11) is -7.98. The van der Waals surface area contributed by atoms with E-state index in [2.05, 4.69) is 19.4 Å². The van der Waals surface area contributed by atoms with Gasteiger partial charge >= 0.3 is 15.2 Å². The third kappa shape index (κ3) is 7.48. The molecule has 29 heavy (non-hydrogen) atoms. The highest BCUT2D eigenvalue weighted by atomic mass is 31.2. The third-order valence-corrected chi connectivity index (χ3v) is 8.77. The van der Waals surface area contributed by atoms with Gasteiger partial charge in [0.25, 0.3) is 5.08 Å². The van der Waals surface area contributed by atoms with Gasteiger partial charge in [-0.3, -0.25) is 9.13 Å². The smallest absolute Gasteiger partial charge is 0.371 e. The van der Waals surface area contributed by atoms with Gasteiger partial charge in [-0.1, -0.05) is 5.21 Å². The molecule has 1 rings (SSSR count). The van der Waals surface area contributed by atoms with Crippen molar-refractivity contribution in [2.75, 3.05) is 47.3 Å². The lowest BCUT2D eigenvalue weighted by molar-refractivity contribution is 0.0302. The molecule has 0 bridgehead atoms. The maximum absolute atomic E-state index is 12.1. The number of nitrogens with zero attached hydrogens (tertiary/aromatic N) is 3. The zero-order valence-corrected chi connectivity index (χ0v) is 18.2. The van der Waals surface area contributed by atoms with E-state index in [1.807, 2.05) is 0 Å². The molecule has 0 aliphatic rings. The molecule has 0 amide bonds. The molecule has 0 saturated carbocycles. The van der Waals surface area contributed by atoms with Crippen LogP contribution in [0.5, 0.6) is 0 Å². The van der Waals surface area contributed by atoms with Crippen LogP contribution in [-0.4, -0.2) is 87.3 Å². The lowest BCUT2D eigenvalue weighted by atomic mass is 10.2. The van der Waals surface area contributed by atoms with Gasteiger partial charge in [0.1, 0.15) is 0 Å². The first-order chi connectivity index (χ1) is 13.6. The largest absolute Gasteiger partial charge is 0.394 e. The van der Waals surface area contributed by atoms with E-state index in [9.17, 15) is 24.0 Å². The van der Waals surface area contributed by atoms with E-state index in [0.29, 0.717) is 32.1 Å². The van der Waals surface area contributed by atoms with Gasteiger partial charge in [0.05, 0.1) is 45.3 Å². The van der Waals surface area contributed by atoms with E-state index in [-0.39, 0.29) is 26.1 Å². The van der Waals surface area contributed by atoms with Crippen LogP contribution in [0, 0.1) is 0 Å². The molecule has 0 aliphatic carbocycles. The molecule has 0 aromatic carbocycles. The molecule has 4 N–H and O–H groups in total. The number of aromatic nitrogens is 3. The van der Waals surface area contributed by atoms with Crippen molar-refractivity contribution in [3.05, 3.63) is 11.9 Å². The molecule has 0 spiro atoms. The Balaban J connectivity index is 2.51. The summed E-state index contributed by atoms with van der Waals surface area (Å²) in [6, 6.07) is 0. The first-order valence-electron chi connectivity index (χ1n) is 8.78. The fourth-order valence-electron chi connectivity index (χ4n) is 2.35. The molecule has 13 nitrogen and oxygen atoms in total. The van der Waals surface area contributed by atoms with Crippen LogP contribution in [0.1, 0.15) is 18.5 Å². The normalized spacial score (nSPS) is 18.1. The summed E-state index contributed by atoms with van der Waals surface area (Å²) in [4.78, 5) is 19.6. The molecular formula is C14H29N3O10P2. The van der Waals surface area contributed by atoms with E-state index in [1.54, 1.807) is 6.20 Å². The van der Waals surface area contributed by atoms with Gasteiger partial charge in [-0.25, -0.2) is 4.68 Å². The average molecular weight is 461 g/mol. The van der Waals surface area contributed by atoms with Crippen LogP contribution < -0.4 is 0 Å².